The fourth-order valence-electron chi connectivity index (χ4n) is 2.05. The molecule has 0 aliphatic carbocycles. The van der Waals surface area contributed by atoms with Gasteiger partial charge in [0.25, 0.3) is 0 Å². The lowest BCUT2D eigenvalue weighted by Crippen LogP contribution is -2.04. The maximum absolute atomic E-state index is 9.30. The summed E-state index contributed by atoms with van der Waals surface area (Å²) in [5, 5.41) is 13.4. The van der Waals surface area contributed by atoms with E-state index in [1.54, 1.807) is 7.11 Å². The number of hydrogen-bond donors (Lipinski definition) is 2. The maximum Gasteiger partial charge on any atom is 0.203 e. The lowest BCUT2D eigenvalue weighted by atomic mass is 10.3. The number of hydrogen-bond acceptors (Lipinski definition) is 5. The lowest BCUT2D eigenvalue weighted by Gasteiger charge is -2.06. The molecule has 0 atom stereocenters. The van der Waals surface area contributed by atoms with Gasteiger partial charge in [0.15, 0.2) is 5.82 Å². The van der Waals surface area contributed by atoms with Crippen molar-refractivity contribution >= 4 is 22.4 Å². The summed E-state index contributed by atoms with van der Waals surface area (Å²) in [5.41, 5.74) is 5.33. The molecule has 0 bridgehead atoms. The second kappa shape index (κ2) is 5.97. The topological polar surface area (TPSA) is 86.1 Å². The first-order valence-corrected chi connectivity index (χ1v) is 6.64. The van der Waals surface area contributed by atoms with Crippen LogP contribution in [0.15, 0.2) is 53.6 Å². The number of ether oxygens (including phenoxy) is 1. The third kappa shape index (κ3) is 2.60. The van der Waals surface area contributed by atoms with Gasteiger partial charge >= 0.3 is 0 Å². The van der Waals surface area contributed by atoms with Crippen LogP contribution in [0.5, 0.6) is 5.75 Å². The van der Waals surface area contributed by atoms with Crippen LogP contribution in [0.3, 0.4) is 0 Å². The monoisotopic (exact) mass is 291 g/mol. The van der Waals surface area contributed by atoms with Crippen LogP contribution >= 0.6 is 0 Å². The summed E-state index contributed by atoms with van der Waals surface area (Å²) >= 11 is 0. The van der Waals surface area contributed by atoms with Gasteiger partial charge in [0, 0.05) is 0 Å². The van der Waals surface area contributed by atoms with Crippen molar-refractivity contribution in [2.24, 2.45) is 5.10 Å². The van der Waals surface area contributed by atoms with E-state index < -0.39 is 0 Å². The van der Waals surface area contributed by atoms with Crippen molar-refractivity contribution < 1.29 is 4.74 Å². The predicted molar refractivity (Wildman–Crippen MR) is 84.9 cm³/mol. The molecule has 22 heavy (non-hydrogen) atoms. The van der Waals surface area contributed by atoms with Crippen LogP contribution in [0.4, 0.5) is 5.69 Å². The largest absolute Gasteiger partial charge is 0.495 e. The number of imidazole rings is 1. The first-order chi connectivity index (χ1) is 10.8. The van der Waals surface area contributed by atoms with Crippen LogP contribution in [0.1, 0.15) is 5.82 Å². The van der Waals surface area contributed by atoms with Crippen LogP contribution < -0.4 is 10.2 Å². The highest BCUT2D eigenvalue weighted by Crippen LogP contribution is 2.23. The molecular formula is C16H13N5O. The first-order valence-electron chi connectivity index (χ1n) is 6.64. The number of rotatable bonds is 4. The van der Waals surface area contributed by atoms with Crippen LogP contribution in [-0.4, -0.2) is 22.8 Å². The molecule has 0 unspecified atom stereocenters. The number of anilines is 1. The van der Waals surface area contributed by atoms with Crippen molar-refractivity contribution in [2.75, 3.05) is 12.5 Å². The van der Waals surface area contributed by atoms with Crippen molar-refractivity contribution in [1.29, 1.82) is 5.26 Å². The highest BCUT2D eigenvalue weighted by atomic mass is 16.5. The number of nitrogens with one attached hydrogen (secondary N) is 2. The molecule has 0 aliphatic heterocycles. The summed E-state index contributed by atoms with van der Waals surface area (Å²) in [6, 6.07) is 16.9. The maximum atomic E-state index is 9.30. The quantitative estimate of drug-likeness (QED) is 0.571. The Bertz CT molecular complexity index is 842. The van der Waals surface area contributed by atoms with E-state index in [0.29, 0.717) is 17.3 Å². The zero-order valence-electron chi connectivity index (χ0n) is 11.9. The van der Waals surface area contributed by atoms with Gasteiger partial charge < -0.3 is 9.72 Å². The van der Waals surface area contributed by atoms with E-state index in [9.17, 15) is 5.26 Å². The molecule has 1 heterocycles. The number of aromatic nitrogens is 2. The number of methoxy groups -OCH3 is 1. The Kier molecular flexibility index (Phi) is 3.70. The molecule has 0 radical (unpaired) electrons. The van der Waals surface area contributed by atoms with Crippen molar-refractivity contribution in [3.8, 4) is 11.8 Å². The van der Waals surface area contributed by atoms with Crippen molar-refractivity contribution in [2.45, 2.75) is 0 Å². The fraction of sp³-hybridized carbons (Fsp3) is 0.0625. The van der Waals surface area contributed by atoms with Crippen molar-refractivity contribution in [3.05, 3.63) is 54.4 Å². The number of aromatic amines is 1. The van der Waals surface area contributed by atoms with Crippen LogP contribution in [0.25, 0.3) is 11.0 Å². The Morgan fingerprint density at radius 1 is 1.23 bits per heavy atom. The number of H-pyrrole nitrogens is 1. The number of nitriles is 1. The summed E-state index contributed by atoms with van der Waals surface area (Å²) in [4.78, 5) is 7.43. The molecule has 108 valence electrons. The third-order valence-corrected chi connectivity index (χ3v) is 3.11. The zero-order chi connectivity index (χ0) is 15.4. The van der Waals surface area contributed by atoms with Crippen LogP contribution in [0.2, 0.25) is 0 Å². The predicted octanol–water partition coefficient (Wildman–Crippen LogP) is 2.91. The number of hydrazone groups is 1. The molecular weight excluding hydrogens is 278 g/mol. The van der Waals surface area contributed by atoms with Gasteiger partial charge in [-0.3, -0.25) is 5.43 Å². The fourth-order valence-corrected chi connectivity index (χ4v) is 2.05. The van der Waals surface area contributed by atoms with E-state index in [1.165, 1.54) is 0 Å². The summed E-state index contributed by atoms with van der Waals surface area (Å²) < 4.78 is 5.23. The van der Waals surface area contributed by atoms with E-state index in [0.717, 1.165) is 11.0 Å². The lowest BCUT2D eigenvalue weighted by molar-refractivity contribution is 0.416. The van der Waals surface area contributed by atoms with Gasteiger partial charge in [-0.05, 0) is 24.3 Å². The second-order valence-electron chi connectivity index (χ2n) is 4.49. The van der Waals surface area contributed by atoms with Crippen LogP contribution in [0, 0.1) is 11.3 Å². The SMILES string of the molecule is COc1ccccc1NN=C(C#N)c1nc2ccccc2[nH]1. The highest BCUT2D eigenvalue weighted by Gasteiger charge is 2.09. The molecule has 3 rings (SSSR count). The van der Waals surface area contributed by atoms with Gasteiger partial charge in [-0.2, -0.15) is 10.4 Å². The molecule has 3 aromatic rings. The normalized spacial score (nSPS) is 11.2. The van der Waals surface area contributed by atoms with Gasteiger partial charge in [-0.25, -0.2) is 4.98 Å². The average Bonchev–Trinajstić information content (AvgIpc) is 2.99. The molecule has 0 aliphatic rings. The molecule has 6 heteroatoms. The van der Waals surface area contributed by atoms with Gasteiger partial charge in [0.05, 0.1) is 23.8 Å². The summed E-state index contributed by atoms with van der Waals surface area (Å²) in [7, 11) is 1.58. The Labute approximate surface area is 127 Å². The van der Waals surface area contributed by atoms with Crippen LogP contribution in [-0.2, 0) is 0 Å². The number of benzene rings is 2. The van der Waals surface area contributed by atoms with E-state index in [2.05, 4.69) is 20.5 Å². The third-order valence-electron chi connectivity index (χ3n) is 3.11. The number of para-hydroxylation sites is 4. The van der Waals surface area contributed by atoms with E-state index in [1.807, 2.05) is 54.6 Å². The van der Waals surface area contributed by atoms with E-state index in [-0.39, 0.29) is 5.71 Å². The van der Waals surface area contributed by atoms with Crippen molar-refractivity contribution in [3.63, 3.8) is 0 Å². The minimum atomic E-state index is 0.169. The Morgan fingerprint density at radius 3 is 2.77 bits per heavy atom. The molecule has 2 N–H and O–H groups in total. The zero-order valence-corrected chi connectivity index (χ0v) is 11.9. The molecule has 2 aromatic carbocycles. The Hall–Kier alpha value is -3.33. The van der Waals surface area contributed by atoms with Crippen molar-refractivity contribution in [1.82, 2.24) is 9.97 Å². The smallest absolute Gasteiger partial charge is 0.203 e. The van der Waals surface area contributed by atoms with E-state index >= 15 is 0 Å². The molecule has 0 amide bonds. The Balaban J connectivity index is 1.92. The van der Waals surface area contributed by atoms with Gasteiger partial charge in [-0.1, -0.05) is 24.3 Å². The van der Waals surface area contributed by atoms with Gasteiger partial charge in [0.1, 0.15) is 11.8 Å². The number of fused-ring (bicyclic) bond motifs is 1. The second-order valence-corrected chi connectivity index (χ2v) is 4.49. The van der Waals surface area contributed by atoms with E-state index in [4.69, 9.17) is 4.74 Å². The minimum Gasteiger partial charge on any atom is -0.495 e. The molecule has 0 saturated heterocycles. The average molecular weight is 291 g/mol. The summed E-state index contributed by atoms with van der Waals surface area (Å²) in [5.74, 6) is 1.07. The number of nitrogens with zero attached hydrogens (tertiary/aromatic N) is 3. The molecule has 0 spiro atoms. The standard InChI is InChI=1S/C16H13N5O/c1-22-15-9-5-4-8-13(15)20-21-14(10-17)16-18-11-6-2-3-7-12(11)19-16/h2-9,20H,1H3,(H,18,19). The Morgan fingerprint density at radius 2 is 2.00 bits per heavy atom. The molecule has 0 fully saturated rings. The van der Waals surface area contributed by atoms with Gasteiger partial charge in [-0.15, -0.1) is 0 Å². The summed E-state index contributed by atoms with van der Waals surface area (Å²) in [6.45, 7) is 0. The molecule has 1 aromatic heterocycles. The molecule has 0 saturated carbocycles. The highest BCUT2D eigenvalue weighted by molar-refractivity contribution is 6.10. The molecule has 6 nitrogen and oxygen atoms in total. The van der Waals surface area contributed by atoms with Gasteiger partial charge in [0.2, 0.25) is 5.71 Å². The summed E-state index contributed by atoms with van der Waals surface area (Å²) in [6.07, 6.45) is 0. The minimum absolute atomic E-state index is 0.169. The first kappa shape index (κ1) is 13.6.